The van der Waals surface area contributed by atoms with Crippen molar-refractivity contribution in [2.45, 2.75) is 18.7 Å². The maximum absolute atomic E-state index is 11.2. The van der Waals surface area contributed by atoms with Gasteiger partial charge >= 0.3 is 0 Å². The summed E-state index contributed by atoms with van der Waals surface area (Å²) in [6.45, 7) is 3.51. The summed E-state index contributed by atoms with van der Waals surface area (Å²) in [7, 11) is -3.80. The van der Waals surface area contributed by atoms with Crippen molar-refractivity contribution in [2.24, 2.45) is 5.14 Å². The summed E-state index contributed by atoms with van der Waals surface area (Å²) in [5.74, 6) is 0.0765. The Morgan fingerprint density at radius 1 is 1.47 bits per heavy atom. The summed E-state index contributed by atoms with van der Waals surface area (Å²) in [6.07, 6.45) is 0. The number of nitrogens with one attached hydrogen (secondary N) is 1. The largest absolute Gasteiger partial charge is 0.492 e. The average molecular weight is 258 g/mol. The van der Waals surface area contributed by atoms with Gasteiger partial charge in [-0.3, -0.25) is 4.79 Å². The molecule has 3 N–H and O–H groups in total. The molecule has 17 heavy (non-hydrogen) atoms. The molecule has 0 aliphatic rings. The Morgan fingerprint density at radius 3 is 2.59 bits per heavy atom. The highest BCUT2D eigenvalue weighted by Crippen LogP contribution is 2.27. The summed E-state index contributed by atoms with van der Waals surface area (Å²) in [6, 6.07) is 4.04. The van der Waals surface area contributed by atoms with E-state index in [4.69, 9.17) is 9.88 Å². The number of hydrogen-bond donors (Lipinski definition) is 2. The first-order chi connectivity index (χ1) is 7.84. The quantitative estimate of drug-likeness (QED) is 0.830. The van der Waals surface area contributed by atoms with Crippen LogP contribution in [0.5, 0.6) is 5.75 Å². The minimum Gasteiger partial charge on any atom is -0.492 e. The molecule has 1 amide bonds. The lowest BCUT2D eigenvalue weighted by Gasteiger charge is -2.11. The molecule has 0 aliphatic carbocycles. The van der Waals surface area contributed by atoms with Gasteiger partial charge in [0, 0.05) is 6.92 Å². The minimum absolute atomic E-state index is 0.0790. The maximum Gasteiger partial charge on any atom is 0.238 e. The maximum atomic E-state index is 11.2. The summed E-state index contributed by atoms with van der Waals surface area (Å²) in [5, 5.41) is 7.49. The predicted molar refractivity (Wildman–Crippen MR) is 63.3 cm³/mol. The van der Waals surface area contributed by atoms with Gasteiger partial charge in [0.2, 0.25) is 15.9 Å². The van der Waals surface area contributed by atoms with Gasteiger partial charge in [-0.2, -0.15) is 0 Å². The number of benzene rings is 1. The van der Waals surface area contributed by atoms with Crippen LogP contribution in [0.15, 0.2) is 23.1 Å². The molecular weight excluding hydrogens is 244 g/mol. The van der Waals surface area contributed by atoms with Crippen molar-refractivity contribution in [2.75, 3.05) is 11.9 Å². The number of anilines is 1. The lowest BCUT2D eigenvalue weighted by molar-refractivity contribution is -0.114. The molecule has 94 valence electrons. The van der Waals surface area contributed by atoms with Crippen LogP contribution in [0.25, 0.3) is 0 Å². The Hall–Kier alpha value is -1.60. The summed E-state index contributed by atoms with van der Waals surface area (Å²) in [5.41, 5.74) is 0.283. The topological polar surface area (TPSA) is 98.5 Å². The summed E-state index contributed by atoms with van der Waals surface area (Å²) >= 11 is 0. The molecule has 0 aromatic heterocycles. The fourth-order valence-electron chi connectivity index (χ4n) is 1.25. The van der Waals surface area contributed by atoms with Gasteiger partial charge < -0.3 is 10.1 Å². The molecule has 0 aliphatic heterocycles. The van der Waals surface area contributed by atoms with Crippen molar-refractivity contribution >= 4 is 21.6 Å². The van der Waals surface area contributed by atoms with Gasteiger partial charge in [0.1, 0.15) is 5.75 Å². The van der Waals surface area contributed by atoms with Crippen molar-refractivity contribution in [3.63, 3.8) is 0 Å². The fourth-order valence-corrected chi connectivity index (χ4v) is 1.79. The van der Waals surface area contributed by atoms with Gasteiger partial charge in [-0.05, 0) is 25.1 Å². The van der Waals surface area contributed by atoms with E-state index in [9.17, 15) is 13.2 Å². The average Bonchev–Trinajstić information content (AvgIpc) is 2.18. The van der Waals surface area contributed by atoms with Crippen LogP contribution in [0.4, 0.5) is 5.69 Å². The summed E-state index contributed by atoms with van der Waals surface area (Å²) < 4.78 is 27.6. The van der Waals surface area contributed by atoms with Crippen LogP contribution in [-0.4, -0.2) is 20.9 Å². The number of primary sulfonamides is 1. The molecule has 0 fully saturated rings. The molecular formula is C10H14N2O4S. The third-order valence-corrected chi connectivity index (χ3v) is 2.80. The third kappa shape index (κ3) is 3.72. The Bertz CT molecular complexity index is 525. The van der Waals surface area contributed by atoms with Crippen LogP contribution in [-0.2, 0) is 14.8 Å². The van der Waals surface area contributed by atoms with E-state index in [-0.39, 0.29) is 16.5 Å². The third-order valence-electron chi connectivity index (χ3n) is 1.89. The lowest BCUT2D eigenvalue weighted by Crippen LogP contribution is -2.14. The van der Waals surface area contributed by atoms with E-state index in [2.05, 4.69) is 5.32 Å². The van der Waals surface area contributed by atoms with Gasteiger partial charge in [-0.1, -0.05) is 0 Å². The molecule has 1 aromatic carbocycles. The Balaban J connectivity index is 3.23. The standard InChI is InChI=1S/C10H14N2O4S/c1-3-16-10-5-4-8(17(11,14)15)6-9(10)12-7(2)13/h4-6H,3H2,1-2H3,(H,12,13)(H2,11,14,15). The monoisotopic (exact) mass is 258 g/mol. The number of nitrogens with two attached hydrogens (primary N) is 1. The molecule has 0 spiro atoms. The van der Waals surface area contributed by atoms with E-state index in [1.165, 1.54) is 25.1 Å². The molecule has 1 aromatic rings. The second kappa shape index (κ2) is 5.15. The van der Waals surface area contributed by atoms with Crippen LogP contribution in [0, 0.1) is 0 Å². The predicted octanol–water partition coefficient (Wildman–Crippen LogP) is 0.691. The van der Waals surface area contributed by atoms with Crippen molar-refractivity contribution in [1.82, 2.24) is 0 Å². The highest BCUT2D eigenvalue weighted by Gasteiger charge is 2.12. The molecule has 1 rings (SSSR count). The normalized spacial score (nSPS) is 11.0. The van der Waals surface area contributed by atoms with Crippen LogP contribution in [0.3, 0.4) is 0 Å². The van der Waals surface area contributed by atoms with Crippen molar-refractivity contribution in [3.8, 4) is 5.75 Å². The van der Waals surface area contributed by atoms with Crippen molar-refractivity contribution in [1.29, 1.82) is 0 Å². The number of carbonyl (C=O) groups is 1. The smallest absolute Gasteiger partial charge is 0.238 e. The molecule has 0 atom stereocenters. The molecule has 0 saturated carbocycles. The lowest BCUT2D eigenvalue weighted by atomic mass is 10.3. The second-order valence-electron chi connectivity index (χ2n) is 3.32. The molecule has 0 radical (unpaired) electrons. The van der Waals surface area contributed by atoms with E-state index in [0.717, 1.165) is 0 Å². The van der Waals surface area contributed by atoms with Crippen LogP contribution in [0.1, 0.15) is 13.8 Å². The van der Waals surface area contributed by atoms with Crippen molar-refractivity contribution < 1.29 is 17.9 Å². The van der Waals surface area contributed by atoms with Gasteiger partial charge in [-0.15, -0.1) is 0 Å². The molecule has 0 heterocycles. The van der Waals surface area contributed by atoms with Gasteiger partial charge in [0.25, 0.3) is 0 Å². The molecule has 0 saturated heterocycles. The number of ether oxygens (including phenoxy) is 1. The number of sulfonamides is 1. The van der Waals surface area contributed by atoms with Crippen molar-refractivity contribution in [3.05, 3.63) is 18.2 Å². The highest BCUT2D eigenvalue weighted by molar-refractivity contribution is 7.89. The molecule has 7 heteroatoms. The highest BCUT2D eigenvalue weighted by atomic mass is 32.2. The summed E-state index contributed by atoms with van der Waals surface area (Å²) in [4.78, 5) is 10.9. The first kappa shape index (κ1) is 13.5. The molecule has 6 nitrogen and oxygen atoms in total. The van der Waals surface area contributed by atoms with E-state index in [0.29, 0.717) is 12.4 Å². The Kier molecular flexibility index (Phi) is 4.08. The first-order valence-corrected chi connectivity index (χ1v) is 6.46. The van der Waals surface area contributed by atoms with Crippen LogP contribution in [0.2, 0.25) is 0 Å². The van der Waals surface area contributed by atoms with Gasteiger partial charge in [0.15, 0.2) is 0 Å². The number of hydrogen-bond acceptors (Lipinski definition) is 4. The molecule has 0 unspecified atom stereocenters. The number of amides is 1. The van der Waals surface area contributed by atoms with Gasteiger partial charge in [0.05, 0.1) is 17.2 Å². The van der Waals surface area contributed by atoms with E-state index < -0.39 is 10.0 Å². The Morgan fingerprint density at radius 2 is 2.12 bits per heavy atom. The SMILES string of the molecule is CCOc1ccc(S(N)(=O)=O)cc1NC(C)=O. The van der Waals surface area contributed by atoms with Gasteiger partial charge in [-0.25, -0.2) is 13.6 Å². The zero-order chi connectivity index (χ0) is 13.1. The van der Waals surface area contributed by atoms with Crippen LogP contribution < -0.4 is 15.2 Å². The van der Waals surface area contributed by atoms with E-state index in [1.54, 1.807) is 6.92 Å². The minimum atomic E-state index is -3.80. The zero-order valence-corrected chi connectivity index (χ0v) is 10.4. The van der Waals surface area contributed by atoms with E-state index >= 15 is 0 Å². The molecule has 0 bridgehead atoms. The zero-order valence-electron chi connectivity index (χ0n) is 9.56. The van der Waals surface area contributed by atoms with Crippen LogP contribution >= 0.6 is 0 Å². The number of rotatable bonds is 4. The second-order valence-corrected chi connectivity index (χ2v) is 4.88. The first-order valence-electron chi connectivity index (χ1n) is 4.92. The van der Waals surface area contributed by atoms with E-state index in [1.807, 2.05) is 0 Å². The fraction of sp³-hybridized carbons (Fsp3) is 0.300. The Labute approximate surface area is 99.8 Å². The number of carbonyl (C=O) groups excluding carboxylic acids is 1.